The number of fused-ring (bicyclic) bond motifs is 1. The van der Waals surface area contributed by atoms with Gasteiger partial charge < -0.3 is 15.5 Å². The van der Waals surface area contributed by atoms with E-state index in [9.17, 15) is 23.4 Å². The van der Waals surface area contributed by atoms with Crippen LogP contribution in [0, 0.1) is 5.92 Å². The first-order valence-electron chi connectivity index (χ1n) is 10.6. The number of carbonyl (C=O) groups is 1. The van der Waals surface area contributed by atoms with E-state index in [1.54, 1.807) is 12.4 Å². The molecule has 9 nitrogen and oxygen atoms in total. The van der Waals surface area contributed by atoms with Crippen LogP contribution >= 0.6 is 0 Å². The summed E-state index contributed by atoms with van der Waals surface area (Å²) >= 11 is 0. The lowest BCUT2D eigenvalue weighted by Gasteiger charge is -2.35. The molecule has 10 heteroatoms. The molecular weight excluding hydrogens is 420 g/mol. The van der Waals surface area contributed by atoms with Crippen molar-refractivity contribution < 1.29 is 23.4 Å². The van der Waals surface area contributed by atoms with Gasteiger partial charge in [-0.25, -0.2) is 13.4 Å². The molecule has 3 heterocycles. The monoisotopic (exact) mass is 448 g/mol. The first-order chi connectivity index (χ1) is 14.7. The van der Waals surface area contributed by atoms with Crippen molar-refractivity contribution in [3.8, 4) is 0 Å². The summed E-state index contributed by atoms with van der Waals surface area (Å²) in [6.07, 6.45) is 7.21. The number of pyridine rings is 2. The van der Waals surface area contributed by atoms with Crippen LogP contribution in [-0.2, 0) is 14.8 Å². The van der Waals surface area contributed by atoms with Crippen molar-refractivity contribution >= 4 is 32.6 Å². The summed E-state index contributed by atoms with van der Waals surface area (Å²) < 4.78 is 24.8. The van der Waals surface area contributed by atoms with Crippen LogP contribution in [0.5, 0.6) is 0 Å². The van der Waals surface area contributed by atoms with Crippen molar-refractivity contribution in [2.75, 3.05) is 24.7 Å². The molecular formula is C21H28N4O5S. The van der Waals surface area contributed by atoms with Crippen LogP contribution in [0.2, 0.25) is 0 Å². The SMILES string of the molecule is CS(=O)(=O)N1CC[C@@H](Nc2cc3c(C4CCC(C(=O)O)CC4)nccc3cn2)[C@H](O)C1. The van der Waals surface area contributed by atoms with Gasteiger partial charge >= 0.3 is 5.97 Å². The Labute approximate surface area is 181 Å². The van der Waals surface area contributed by atoms with E-state index in [4.69, 9.17) is 0 Å². The Balaban J connectivity index is 1.52. The van der Waals surface area contributed by atoms with E-state index >= 15 is 0 Å². The van der Waals surface area contributed by atoms with Crippen molar-refractivity contribution in [3.05, 3.63) is 30.2 Å². The Bertz CT molecular complexity index is 1070. The van der Waals surface area contributed by atoms with Gasteiger partial charge in [-0.2, -0.15) is 4.31 Å². The van der Waals surface area contributed by atoms with Crippen LogP contribution in [0.25, 0.3) is 10.8 Å². The van der Waals surface area contributed by atoms with Crippen LogP contribution in [0.1, 0.15) is 43.7 Å². The average molecular weight is 449 g/mol. The van der Waals surface area contributed by atoms with Gasteiger partial charge in [-0.3, -0.25) is 9.78 Å². The van der Waals surface area contributed by atoms with Crippen LogP contribution < -0.4 is 5.32 Å². The van der Waals surface area contributed by atoms with Gasteiger partial charge in [0.2, 0.25) is 10.0 Å². The number of hydrogen-bond acceptors (Lipinski definition) is 7. The number of β-amino-alcohol motifs (C(OH)–C–C–N with tert-alkyl or cyclic N) is 1. The molecule has 2 atom stereocenters. The van der Waals surface area contributed by atoms with E-state index < -0.39 is 22.1 Å². The summed E-state index contributed by atoms with van der Waals surface area (Å²) in [6.45, 7) is 0.407. The predicted molar refractivity (Wildman–Crippen MR) is 116 cm³/mol. The third-order valence-corrected chi connectivity index (χ3v) is 7.76. The molecule has 0 spiro atoms. The summed E-state index contributed by atoms with van der Waals surface area (Å²) in [5.41, 5.74) is 0.958. The highest BCUT2D eigenvalue weighted by molar-refractivity contribution is 7.88. The molecule has 0 bridgehead atoms. The van der Waals surface area contributed by atoms with Crippen molar-refractivity contribution in [1.29, 1.82) is 0 Å². The highest BCUT2D eigenvalue weighted by atomic mass is 32.2. The largest absolute Gasteiger partial charge is 0.481 e. The minimum absolute atomic E-state index is 0.0592. The van der Waals surface area contributed by atoms with Crippen LogP contribution in [-0.4, -0.2) is 70.4 Å². The van der Waals surface area contributed by atoms with Gasteiger partial charge in [-0.05, 0) is 44.2 Å². The quantitative estimate of drug-likeness (QED) is 0.631. The first-order valence-corrected chi connectivity index (χ1v) is 12.4. The number of rotatable bonds is 5. The van der Waals surface area contributed by atoms with E-state index in [-0.39, 0.29) is 24.4 Å². The zero-order valence-electron chi connectivity index (χ0n) is 17.4. The minimum atomic E-state index is -3.33. The first kappa shape index (κ1) is 21.9. The summed E-state index contributed by atoms with van der Waals surface area (Å²) in [5.74, 6) is -0.180. The van der Waals surface area contributed by atoms with Gasteiger partial charge in [0.25, 0.3) is 0 Å². The fourth-order valence-electron chi connectivity index (χ4n) is 4.67. The maximum Gasteiger partial charge on any atom is 0.306 e. The van der Waals surface area contributed by atoms with Gasteiger partial charge in [-0.15, -0.1) is 0 Å². The van der Waals surface area contributed by atoms with Crippen LogP contribution in [0.15, 0.2) is 24.5 Å². The second-order valence-corrected chi connectivity index (χ2v) is 10.6. The summed E-state index contributed by atoms with van der Waals surface area (Å²) in [5, 5.41) is 24.9. The Kier molecular flexibility index (Phi) is 6.14. The zero-order valence-corrected chi connectivity index (χ0v) is 18.3. The number of nitrogens with zero attached hydrogens (tertiary/aromatic N) is 3. The van der Waals surface area contributed by atoms with Gasteiger partial charge in [0.05, 0.1) is 30.0 Å². The second kappa shape index (κ2) is 8.68. The molecule has 2 aromatic heterocycles. The second-order valence-electron chi connectivity index (χ2n) is 8.60. The van der Waals surface area contributed by atoms with E-state index in [0.29, 0.717) is 31.6 Å². The third-order valence-electron chi connectivity index (χ3n) is 6.49. The van der Waals surface area contributed by atoms with Gasteiger partial charge in [-0.1, -0.05) is 0 Å². The standard InChI is InChI=1S/C21H28N4O5S/c1-31(29,30)25-9-7-17(18(26)12-25)24-19-10-16-15(11-23-19)6-8-22-20(16)13-2-4-14(5-3-13)21(27)28/h6,8,10-11,13-14,17-18,26H,2-5,7,9,12H2,1H3,(H,23,24)(H,27,28)/t13?,14?,17-,18-/m1/s1. The molecule has 1 saturated heterocycles. The van der Waals surface area contributed by atoms with Crippen molar-refractivity contribution in [3.63, 3.8) is 0 Å². The van der Waals surface area contributed by atoms with Crippen molar-refractivity contribution in [2.45, 2.75) is 50.2 Å². The number of carboxylic acid groups (broad SMARTS) is 1. The van der Waals surface area contributed by atoms with Gasteiger partial charge in [0.1, 0.15) is 5.82 Å². The topological polar surface area (TPSA) is 133 Å². The van der Waals surface area contributed by atoms with E-state index in [2.05, 4.69) is 15.3 Å². The van der Waals surface area contributed by atoms with Crippen LogP contribution in [0.3, 0.4) is 0 Å². The number of hydrogen-bond donors (Lipinski definition) is 3. The highest BCUT2D eigenvalue weighted by Gasteiger charge is 2.32. The summed E-state index contributed by atoms with van der Waals surface area (Å²) in [6, 6.07) is 3.53. The normalized spacial score (nSPS) is 27.8. The fraction of sp³-hybridized carbons (Fsp3) is 0.571. The molecule has 0 unspecified atom stereocenters. The molecule has 1 saturated carbocycles. The van der Waals surface area contributed by atoms with Crippen molar-refractivity contribution in [1.82, 2.24) is 14.3 Å². The molecule has 2 aromatic rings. The van der Waals surface area contributed by atoms with Gasteiger partial charge in [0, 0.05) is 42.2 Å². The molecule has 0 aromatic carbocycles. The lowest BCUT2D eigenvalue weighted by atomic mass is 9.79. The minimum Gasteiger partial charge on any atom is -0.481 e. The van der Waals surface area contributed by atoms with Crippen LogP contribution in [0.4, 0.5) is 5.82 Å². The molecule has 31 heavy (non-hydrogen) atoms. The highest BCUT2D eigenvalue weighted by Crippen LogP contribution is 2.38. The Hall–Kier alpha value is -2.30. The number of aliphatic carboxylic acids is 1. The van der Waals surface area contributed by atoms with Gasteiger partial charge in [0.15, 0.2) is 0 Å². The number of aliphatic hydroxyl groups excluding tert-OH is 1. The molecule has 4 rings (SSSR count). The number of anilines is 1. The Morgan fingerprint density at radius 2 is 1.94 bits per heavy atom. The maximum absolute atomic E-state index is 11.7. The Morgan fingerprint density at radius 1 is 1.19 bits per heavy atom. The molecule has 2 aliphatic rings. The Morgan fingerprint density at radius 3 is 2.58 bits per heavy atom. The predicted octanol–water partition coefficient (Wildman–Crippen LogP) is 1.79. The number of carboxylic acids is 1. The molecule has 1 aliphatic heterocycles. The maximum atomic E-state index is 11.7. The number of aromatic nitrogens is 2. The number of sulfonamides is 1. The summed E-state index contributed by atoms with van der Waals surface area (Å²) in [4.78, 5) is 20.3. The van der Waals surface area contributed by atoms with E-state index in [0.717, 1.165) is 35.6 Å². The molecule has 0 amide bonds. The number of aliphatic hydroxyl groups is 1. The summed E-state index contributed by atoms with van der Waals surface area (Å²) in [7, 11) is -3.33. The molecule has 1 aliphatic carbocycles. The van der Waals surface area contributed by atoms with E-state index in [1.165, 1.54) is 4.31 Å². The molecule has 2 fully saturated rings. The third kappa shape index (κ3) is 4.81. The van der Waals surface area contributed by atoms with E-state index in [1.807, 2.05) is 12.1 Å². The fourth-order valence-corrected chi connectivity index (χ4v) is 5.53. The smallest absolute Gasteiger partial charge is 0.306 e. The molecule has 168 valence electrons. The molecule has 3 N–H and O–H groups in total. The molecule has 0 radical (unpaired) electrons. The lowest BCUT2D eigenvalue weighted by molar-refractivity contribution is -0.142. The lowest BCUT2D eigenvalue weighted by Crippen LogP contribution is -2.51. The number of piperidine rings is 1. The zero-order chi connectivity index (χ0) is 22.2. The van der Waals surface area contributed by atoms with Crippen molar-refractivity contribution in [2.24, 2.45) is 5.92 Å². The number of nitrogens with one attached hydrogen (secondary N) is 1. The average Bonchev–Trinajstić information content (AvgIpc) is 2.74.